The van der Waals surface area contributed by atoms with Crippen LogP contribution in [-0.2, 0) is 0 Å². The first kappa shape index (κ1) is 13.5. The van der Waals surface area contributed by atoms with Gasteiger partial charge < -0.3 is 5.11 Å². The molecule has 1 unspecified atom stereocenters. The molecule has 0 fully saturated rings. The lowest BCUT2D eigenvalue weighted by atomic mass is 10.0. The normalized spacial score (nSPS) is 12.5. The Hall–Kier alpha value is -0.900. The van der Waals surface area contributed by atoms with E-state index in [-0.39, 0.29) is 5.82 Å². The molecular weight excluding hydrogens is 319 g/mol. The standard InChI is InChI=1S/C14H11BrClFO/c1-8-2-3-10(7-12(8)16)14(18)9-4-5-13(17)11(15)6-9/h2-7,14,18H,1H3. The van der Waals surface area contributed by atoms with Gasteiger partial charge in [0.15, 0.2) is 0 Å². The Morgan fingerprint density at radius 1 is 1.17 bits per heavy atom. The van der Waals surface area contributed by atoms with Gasteiger partial charge in [0.2, 0.25) is 0 Å². The molecule has 0 aliphatic rings. The first-order chi connectivity index (χ1) is 8.49. The lowest BCUT2D eigenvalue weighted by Gasteiger charge is -2.13. The van der Waals surface area contributed by atoms with E-state index in [1.165, 1.54) is 6.07 Å². The molecule has 0 aliphatic carbocycles. The number of aliphatic hydroxyl groups excluding tert-OH is 1. The van der Waals surface area contributed by atoms with Crippen molar-refractivity contribution in [2.45, 2.75) is 13.0 Å². The predicted molar refractivity (Wildman–Crippen MR) is 74.4 cm³/mol. The third-order valence-electron chi connectivity index (χ3n) is 2.77. The van der Waals surface area contributed by atoms with Crippen molar-refractivity contribution >= 4 is 27.5 Å². The fourth-order valence-electron chi connectivity index (χ4n) is 1.65. The molecule has 2 aromatic rings. The van der Waals surface area contributed by atoms with Crippen LogP contribution in [0, 0.1) is 12.7 Å². The molecule has 0 bridgehead atoms. The van der Waals surface area contributed by atoms with Gasteiger partial charge in [-0.2, -0.15) is 0 Å². The predicted octanol–water partition coefficient (Wildman–Crippen LogP) is 4.63. The lowest BCUT2D eigenvalue weighted by Crippen LogP contribution is -2.00. The number of rotatable bonds is 2. The van der Waals surface area contributed by atoms with Gasteiger partial charge in [0.05, 0.1) is 4.47 Å². The Morgan fingerprint density at radius 2 is 1.78 bits per heavy atom. The van der Waals surface area contributed by atoms with E-state index in [4.69, 9.17) is 11.6 Å². The van der Waals surface area contributed by atoms with Crippen LogP contribution in [0.5, 0.6) is 0 Å². The average molecular weight is 330 g/mol. The summed E-state index contributed by atoms with van der Waals surface area (Å²) < 4.78 is 13.5. The van der Waals surface area contributed by atoms with E-state index >= 15 is 0 Å². The van der Waals surface area contributed by atoms with Gasteiger partial charge in [0, 0.05) is 5.02 Å². The maximum atomic E-state index is 13.1. The van der Waals surface area contributed by atoms with Crippen LogP contribution in [0.15, 0.2) is 40.9 Å². The Labute approximate surface area is 118 Å². The summed E-state index contributed by atoms with van der Waals surface area (Å²) in [5.74, 6) is -0.354. The van der Waals surface area contributed by atoms with E-state index in [1.54, 1.807) is 18.2 Å². The molecule has 0 saturated carbocycles. The van der Waals surface area contributed by atoms with Crippen molar-refractivity contribution < 1.29 is 9.50 Å². The number of halogens is 3. The van der Waals surface area contributed by atoms with Gasteiger partial charge in [-0.25, -0.2) is 4.39 Å². The summed E-state index contributed by atoms with van der Waals surface area (Å²) in [7, 11) is 0. The van der Waals surface area contributed by atoms with Gasteiger partial charge in [-0.05, 0) is 57.7 Å². The second-order valence-corrected chi connectivity index (χ2v) is 5.35. The molecule has 1 nitrogen and oxygen atoms in total. The number of aryl methyl sites for hydroxylation is 1. The molecule has 0 aliphatic heterocycles. The Morgan fingerprint density at radius 3 is 2.39 bits per heavy atom. The smallest absolute Gasteiger partial charge is 0.137 e. The Balaban J connectivity index is 2.37. The van der Waals surface area contributed by atoms with E-state index in [0.29, 0.717) is 20.6 Å². The summed E-state index contributed by atoms with van der Waals surface area (Å²) in [6.45, 7) is 1.90. The largest absolute Gasteiger partial charge is 0.384 e. The van der Waals surface area contributed by atoms with Crippen LogP contribution in [0.3, 0.4) is 0 Å². The second-order valence-electron chi connectivity index (χ2n) is 4.08. The van der Waals surface area contributed by atoms with Crippen LogP contribution in [-0.4, -0.2) is 5.11 Å². The summed E-state index contributed by atoms with van der Waals surface area (Å²) in [6.07, 6.45) is -0.819. The zero-order chi connectivity index (χ0) is 13.3. The number of hydrogen-bond donors (Lipinski definition) is 1. The highest BCUT2D eigenvalue weighted by Gasteiger charge is 2.13. The maximum Gasteiger partial charge on any atom is 0.137 e. The van der Waals surface area contributed by atoms with Crippen molar-refractivity contribution in [3.63, 3.8) is 0 Å². The quantitative estimate of drug-likeness (QED) is 0.851. The van der Waals surface area contributed by atoms with Crippen molar-refractivity contribution in [2.75, 3.05) is 0 Å². The zero-order valence-corrected chi connectivity index (χ0v) is 12.0. The summed E-state index contributed by atoms with van der Waals surface area (Å²) in [5.41, 5.74) is 2.25. The molecule has 0 radical (unpaired) electrons. The van der Waals surface area contributed by atoms with Crippen molar-refractivity contribution in [1.29, 1.82) is 0 Å². The van der Waals surface area contributed by atoms with Crippen LogP contribution in [0.25, 0.3) is 0 Å². The first-order valence-electron chi connectivity index (χ1n) is 5.38. The molecule has 0 heterocycles. The minimum atomic E-state index is -0.819. The monoisotopic (exact) mass is 328 g/mol. The van der Waals surface area contributed by atoms with E-state index in [0.717, 1.165) is 5.56 Å². The summed E-state index contributed by atoms with van der Waals surface area (Å²) in [5, 5.41) is 10.8. The van der Waals surface area contributed by atoms with Crippen LogP contribution < -0.4 is 0 Å². The highest BCUT2D eigenvalue weighted by Crippen LogP contribution is 2.28. The molecule has 0 spiro atoms. The number of benzene rings is 2. The average Bonchev–Trinajstić information content (AvgIpc) is 2.35. The molecule has 18 heavy (non-hydrogen) atoms. The van der Waals surface area contributed by atoms with Gasteiger partial charge in [-0.3, -0.25) is 0 Å². The third kappa shape index (κ3) is 2.74. The molecule has 2 aromatic carbocycles. The summed E-state index contributed by atoms with van der Waals surface area (Å²) in [6, 6.07) is 9.81. The molecule has 0 saturated heterocycles. The van der Waals surface area contributed by atoms with E-state index < -0.39 is 6.10 Å². The fourth-order valence-corrected chi connectivity index (χ4v) is 2.24. The van der Waals surface area contributed by atoms with Gasteiger partial charge in [-0.15, -0.1) is 0 Å². The molecule has 1 N–H and O–H groups in total. The second kappa shape index (κ2) is 5.39. The minimum Gasteiger partial charge on any atom is -0.384 e. The SMILES string of the molecule is Cc1ccc(C(O)c2ccc(F)c(Br)c2)cc1Cl. The van der Waals surface area contributed by atoms with Crippen LogP contribution in [0.4, 0.5) is 4.39 Å². The van der Waals surface area contributed by atoms with Crippen LogP contribution >= 0.6 is 27.5 Å². The minimum absolute atomic E-state index is 0.331. The molecule has 4 heteroatoms. The highest BCUT2D eigenvalue weighted by atomic mass is 79.9. The fraction of sp³-hybridized carbons (Fsp3) is 0.143. The van der Waals surface area contributed by atoms with Crippen molar-refractivity contribution in [2.24, 2.45) is 0 Å². The van der Waals surface area contributed by atoms with Gasteiger partial charge in [0.1, 0.15) is 11.9 Å². The molecule has 94 valence electrons. The summed E-state index contributed by atoms with van der Waals surface area (Å²) in [4.78, 5) is 0. The maximum absolute atomic E-state index is 13.1. The van der Waals surface area contributed by atoms with Gasteiger partial charge in [0.25, 0.3) is 0 Å². The molecule has 2 rings (SSSR count). The van der Waals surface area contributed by atoms with Crippen molar-refractivity contribution in [1.82, 2.24) is 0 Å². The van der Waals surface area contributed by atoms with Crippen molar-refractivity contribution in [3.05, 3.63) is 68.4 Å². The van der Waals surface area contributed by atoms with Crippen molar-refractivity contribution in [3.8, 4) is 0 Å². The summed E-state index contributed by atoms with van der Waals surface area (Å²) >= 11 is 9.12. The first-order valence-corrected chi connectivity index (χ1v) is 6.55. The topological polar surface area (TPSA) is 20.2 Å². The Bertz CT molecular complexity index is 535. The van der Waals surface area contributed by atoms with Gasteiger partial charge in [-0.1, -0.05) is 29.8 Å². The van der Waals surface area contributed by atoms with E-state index in [9.17, 15) is 9.50 Å². The highest BCUT2D eigenvalue weighted by molar-refractivity contribution is 9.10. The Kier molecular flexibility index (Phi) is 4.05. The number of hydrogen-bond acceptors (Lipinski definition) is 1. The molecule has 0 amide bonds. The number of aliphatic hydroxyl groups is 1. The lowest BCUT2D eigenvalue weighted by molar-refractivity contribution is 0.220. The molecule has 0 aromatic heterocycles. The third-order valence-corrected chi connectivity index (χ3v) is 3.79. The van der Waals surface area contributed by atoms with Crippen LogP contribution in [0.2, 0.25) is 5.02 Å². The van der Waals surface area contributed by atoms with Gasteiger partial charge >= 0.3 is 0 Å². The van der Waals surface area contributed by atoms with Crippen LogP contribution in [0.1, 0.15) is 22.8 Å². The zero-order valence-electron chi connectivity index (χ0n) is 9.62. The molecular formula is C14H11BrClFO. The molecule has 1 atom stereocenters. The van der Waals surface area contributed by atoms with E-state index in [2.05, 4.69) is 15.9 Å². The van der Waals surface area contributed by atoms with E-state index in [1.807, 2.05) is 19.1 Å².